The van der Waals surface area contributed by atoms with Crippen molar-refractivity contribution in [2.75, 3.05) is 14.2 Å². The van der Waals surface area contributed by atoms with Crippen molar-refractivity contribution in [2.24, 2.45) is 0 Å². The Kier molecular flexibility index (Phi) is 5.64. The fraction of sp³-hybridized carbons (Fsp3) is 0.444. The summed E-state index contributed by atoms with van der Waals surface area (Å²) in [5.74, 6) is -0.996. The lowest BCUT2D eigenvalue weighted by molar-refractivity contribution is -0.136. The summed E-state index contributed by atoms with van der Waals surface area (Å²) >= 11 is 6.11. The number of alkyl halides is 2. The van der Waals surface area contributed by atoms with Gasteiger partial charge in [0, 0.05) is 11.7 Å². The van der Waals surface area contributed by atoms with Crippen molar-refractivity contribution in [1.29, 1.82) is 0 Å². The van der Waals surface area contributed by atoms with E-state index in [2.05, 4.69) is 10.1 Å². The Morgan fingerprint density at radius 2 is 2.00 bits per heavy atom. The summed E-state index contributed by atoms with van der Waals surface area (Å²) in [7, 11) is 2.51. The lowest BCUT2D eigenvalue weighted by Crippen LogP contribution is -2.48. The number of esters is 1. The Morgan fingerprint density at radius 3 is 2.54 bits per heavy atom. The maximum Gasteiger partial charge on any atom is 0.387 e. The maximum absolute atomic E-state index is 12.6. The fourth-order valence-electron chi connectivity index (χ4n) is 3.26. The number of urea groups is 1. The molecule has 2 amide bonds. The zero-order valence-corrected chi connectivity index (χ0v) is 16.2. The average Bonchev–Trinajstić information content (AvgIpc) is 3.46. The molecular weight excluding hydrogens is 398 g/mol. The number of halogens is 3. The van der Waals surface area contributed by atoms with E-state index in [0.717, 1.165) is 12.8 Å². The first-order valence-corrected chi connectivity index (χ1v) is 8.87. The normalized spacial score (nSPS) is 19.6. The van der Waals surface area contributed by atoms with E-state index in [-0.39, 0.29) is 34.2 Å². The summed E-state index contributed by atoms with van der Waals surface area (Å²) in [4.78, 5) is 26.6. The molecule has 1 atom stereocenters. The first-order chi connectivity index (χ1) is 13.3. The van der Waals surface area contributed by atoms with Crippen LogP contribution in [0, 0.1) is 0 Å². The number of nitrogens with zero attached hydrogens (tertiary/aromatic N) is 1. The molecule has 0 saturated heterocycles. The van der Waals surface area contributed by atoms with Gasteiger partial charge < -0.3 is 19.5 Å². The van der Waals surface area contributed by atoms with Gasteiger partial charge in [0.1, 0.15) is 0 Å². The summed E-state index contributed by atoms with van der Waals surface area (Å²) in [6, 6.07) is 1.52. The minimum absolute atomic E-state index is 0.0422. The molecule has 0 bridgehead atoms. The second kappa shape index (κ2) is 7.83. The quantitative estimate of drug-likeness (QED) is 0.717. The third kappa shape index (κ3) is 3.71. The SMILES string of the molecule is COC(=O)C1=C(C)N(C2CC2)C(=O)N[C@H]1c1cc(Cl)c(OC(F)F)c(OC)c1. The molecule has 7 nitrogen and oxygen atoms in total. The largest absolute Gasteiger partial charge is 0.493 e. The van der Waals surface area contributed by atoms with Crippen molar-refractivity contribution in [3.8, 4) is 11.5 Å². The van der Waals surface area contributed by atoms with Crippen LogP contribution < -0.4 is 14.8 Å². The first kappa shape index (κ1) is 20.2. The first-order valence-electron chi connectivity index (χ1n) is 8.49. The number of ether oxygens (including phenoxy) is 3. The van der Waals surface area contributed by atoms with Crippen molar-refractivity contribution in [3.63, 3.8) is 0 Å². The highest BCUT2D eigenvalue weighted by molar-refractivity contribution is 6.32. The smallest absolute Gasteiger partial charge is 0.387 e. The molecule has 10 heteroatoms. The highest BCUT2D eigenvalue weighted by Crippen LogP contribution is 2.43. The zero-order valence-electron chi connectivity index (χ0n) is 15.4. The van der Waals surface area contributed by atoms with Crippen molar-refractivity contribution >= 4 is 23.6 Å². The molecule has 1 aromatic carbocycles. The topological polar surface area (TPSA) is 77.1 Å². The van der Waals surface area contributed by atoms with Crippen LogP contribution >= 0.6 is 11.6 Å². The third-order valence-electron chi connectivity index (χ3n) is 4.64. The van der Waals surface area contributed by atoms with Crippen LogP contribution in [-0.2, 0) is 9.53 Å². The van der Waals surface area contributed by atoms with Crippen LogP contribution in [-0.4, -0.2) is 43.8 Å². The van der Waals surface area contributed by atoms with Crippen molar-refractivity contribution in [2.45, 2.75) is 38.5 Å². The van der Waals surface area contributed by atoms with Crippen LogP contribution in [0.25, 0.3) is 0 Å². The van der Waals surface area contributed by atoms with E-state index >= 15 is 0 Å². The van der Waals surface area contributed by atoms with E-state index in [1.807, 2.05) is 0 Å². The Balaban J connectivity index is 2.09. The molecule has 0 radical (unpaired) electrons. The number of benzene rings is 1. The van der Waals surface area contributed by atoms with Gasteiger partial charge >= 0.3 is 18.6 Å². The number of amides is 2. The number of rotatable bonds is 6. The Bertz CT molecular complexity index is 842. The predicted octanol–water partition coefficient (Wildman–Crippen LogP) is 3.63. The van der Waals surface area contributed by atoms with Gasteiger partial charge in [-0.2, -0.15) is 8.78 Å². The molecule has 0 unspecified atom stereocenters. The van der Waals surface area contributed by atoms with Crippen LogP contribution in [0.3, 0.4) is 0 Å². The molecule has 152 valence electrons. The maximum atomic E-state index is 12.6. The summed E-state index contributed by atoms with van der Waals surface area (Å²) < 4.78 is 39.7. The van der Waals surface area contributed by atoms with E-state index in [1.165, 1.54) is 31.3 Å². The Labute approximate surface area is 165 Å². The molecule has 1 aliphatic carbocycles. The van der Waals surface area contributed by atoms with E-state index in [0.29, 0.717) is 11.3 Å². The van der Waals surface area contributed by atoms with Gasteiger partial charge in [0.2, 0.25) is 0 Å². The molecule has 1 heterocycles. The lowest BCUT2D eigenvalue weighted by Gasteiger charge is -2.35. The van der Waals surface area contributed by atoms with Crippen LogP contribution in [0.15, 0.2) is 23.4 Å². The molecule has 1 fully saturated rings. The number of nitrogens with one attached hydrogen (secondary N) is 1. The van der Waals surface area contributed by atoms with Crippen LogP contribution in [0.4, 0.5) is 13.6 Å². The van der Waals surface area contributed by atoms with E-state index in [4.69, 9.17) is 21.1 Å². The molecule has 0 spiro atoms. The third-order valence-corrected chi connectivity index (χ3v) is 4.92. The van der Waals surface area contributed by atoms with Gasteiger partial charge in [0.05, 0.1) is 30.9 Å². The molecular formula is C18H19ClF2N2O5. The van der Waals surface area contributed by atoms with Crippen LogP contribution in [0.2, 0.25) is 5.02 Å². The van der Waals surface area contributed by atoms with E-state index in [1.54, 1.807) is 6.92 Å². The molecule has 1 aliphatic heterocycles. The van der Waals surface area contributed by atoms with Gasteiger partial charge in [-0.25, -0.2) is 9.59 Å². The van der Waals surface area contributed by atoms with E-state index < -0.39 is 18.6 Å². The second-order valence-electron chi connectivity index (χ2n) is 6.39. The number of allylic oxidation sites excluding steroid dienone is 1. The van der Waals surface area contributed by atoms with Crippen molar-refractivity contribution in [3.05, 3.63) is 34.0 Å². The summed E-state index contributed by atoms with van der Waals surface area (Å²) in [6.07, 6.45) is 1.70. The standard InChI is InChI=1S/C18H19ClF2N2O5/c1-8-13(16(24)27-3)14(22-18(25)23(8)10-4-5-10)9-6-11(19)15(28-17(20)21)12(7-9)26-2/h6-7,10,14,17H,4-5H2,1-3H3,(H,22,25)/t14-/m0/s1. The number of hydrogen-bond donors (Lipinski definition) is 1. The summed E-state index contributed by atoms with van der Waals surface area (Å²) in [5, 5.41) is 2.62. The number of methoxy groups -OCH3 is 2. The molecule has 1 N–H and O–H groups in total. The fourth-order valence-corrected chi connectivity index (χ4v) is 3.53. The van der Waals surface area contributed by atoms with Crippen LogP contribution in [0.5, 0.6) is 11.5 Å². The zero-order chi connectivity index (χ0) is 20.6. The van der Waals surface area contributed by atoms with Crippen molar-refractivity contribution < 1.29 is 32.6 Å². The minimum Gasteiger partial charge on any atom is -0.493 e. The van der Waals surface area contributed by atoms with Crippen LogP contribution in [0.1, 0.15) is 31.4 Å². The Hall–Kier alpha value is -2.55. The molecule has 0 aromatic heterocycles. The van der Waals surface area contributed by atoms with Gasteiger partial charge in [-0.3, -0.25) is 4.90 Å². The van der Waals surface area contributed by atoms with Crippen molar-refractivity contribution in [1.82, 2.24) is 10.2 Å². The Morgan fingerprint density at radius 1 is 1.32 bits per heavy atom. The molecule has 28 heavy (non-hydrogen) atoms. The summed E-state index contributed by atoms with van der Waals surface area (Å²) in [6.45, 7) is -1.42. The molecule has 3 rings (SSSR count). The minimum atomic E-state index is -3.09. The molecule has 1 saturated carbocycles. The number of carbonyl (C=O) groups is 2. The highest BCUT2D eigenvalue weighted by Gasteiger charge is 2.42. The van der Waals surface area contributed by atoms with Gasteiger partial charge in [0.15, 0.2) is 11.5 Å². The van der Waals surface area contributed by atoms with E-state index in [9.17, 15) is 18.4 Å². The summed E-state index contributed by atoms with van der Waals surface area (Å²) in [5.41, 5.74) is 1.08. The van der Waals surface area contributed by atoms with Gasteiger partial charge in [-0.15, -0.1) is 0 Å². The number of carbonyl (C=O) groups excluding carboxylic acids is 2. The number of hydrogen-bond acceptors (Lipinski definition) is 5. The van der Waals surface area contributed by atoms with Gasteiger partial charge in [0.25, 0.3) is 0 Å². The molecule has 2 aliphatic rings. The predicted molar refractivity (Wildman–Crippen MR) is 95.5 cm³/mol. The second-order valence-corrected chi connectivity index (χ2v) is 6.79. The lowest BCUT2D eigenvalue weighted by atomic mass is 9.94. The molecule has 1 aromatic rings. The van der Waals surface area contributed by atoms with Gasteiger partial charge in [-0.1, -0.05) is 11.6 Å². The van der Waals surface area contributed by atoms with Gasteiger partial charge in [-0.05, 0) is 37.5 Å². The average molecular weight is 417 g/mol. The monoisotopic (exact) mass is 416 g/mol. The highest BCUT2D eigenvalue weighted by atomic mass is 35.5.